The second kappa shape index (κ2) is 7.53. The van der Waals surface area contributed by atoms with Gasteiger partial charge in [-0.25, -0.2) is 0 Å². The molecule has 1 aromatic carbocycles. The first-order valence-electron chi connectivity index (χ1n) is 9.43. The highest BCUT2D eigenvalue weighted by Gasteiger charge is 2.26. The highest BCUT2D eigenvalue weighted by Crippen LogP contribution is 2.42. The maximum Gasteiger partial charge on any atom is 0.127 e. The number of benzene rings is 1. The van der Waals surface area contributed by atoms with E-state index >= 15 is 0 Å². The molecule has 0 bridgehead atoms. The summed E-state index contributed by atoms with van der Waals surface area (Å²) in [6, 6.07) is 6.73. The van der Waals surface area contributed by atoms with Gasteiger partial charge in [-0.1, -0.05) is 11.6 Å². The molecule has 2 aromatic rings. The number of methoxy groups -OCH3 is 1. The summed E-state index contributed by atoms with van der Waals surface area (Å²) in [4.78, 5) is 4.88. The Morgan fingerprint density at radius 3 is 2.73 bits per heavy atom. The lowest BCUT2D eigenvalue weighted by molar-refractivity contribution is 0.412. The van der Waals surface area contributed by atoms with Gasteiger partial charge in [0.2, 0.25) is 0 Å². The minimum absolute atomic E-state index is 0.984. The van der Waals surface area contributed by atoms with Gasteiger partial charge >= 0.3 is 0 Å². The summed E-state index contributed by atoms with van der Waals surface area (Å²) in [7, 11) is 1.78. The van der Waals surface area contributed by atoms with Crippen molar-refractivity contribution in [3.05, 3.63) is 62.4 Å². The van der Waals surface area contributed by atoms with Crippen LogP contribution in [0.3, 0.4) is 0 Å². The smallest absolute Gasteiger partial charge is 0.127 e. The number of aryl methyl sites for hydroxylation is 3. The monoisotopic (exact) mass is 412 g/mol. The third-order valence-electron chi connectivity index (χ3n) is 5.42. The lowest BCUT2D eigenvalue weighted by atomic mass is 9.88. The van der Waals surface area contributed by atoms with Crippen LogP contribution in [0.2, 0.25) is 0 Å². The molecule has 1 saturated heterocycles. The fraction of sp³-hybridized carbons (Fsp3) is 0.409. The van der Waals surface area contributed by atoms with Crippen LogP contribution in [0.4, 0.5) is 0 Å². The van der Waals surface area contributed by atoms with Crippen LogP contribution in [-0.2, 0) is 12.8 Å². The minimum Gasteiger partial charge on any atom is -0.496 e. The first-order chi connectivity index (χ1) is 12.7. The summed E-state index contributed by atoms with van der Waals surface area (Å²) in [5.74, 6) is 0.984. The van der Waals surface area contributed by atoms with Gasteiger partial charge in [-0.15, -0.1) is 0 Å². The van der Waals surface area contributed by atoms with E-state index in [1.165, 1.54) is 39.8 Å². The number of ether oxygens (including phenoxy) is 1. The first-order valence-corrected chi connectivity index (χ1v) is 10.2. The van der Waals surface area contributed by atoms with Gasteiger partial charge in [0, 0.05) is 21.8 Å². The highest BCUT2D eigenvalue weighted by molar-refractivity contribution is 9.10. The molecule has 2 heterocycles. The van der Waals surface area contributed by atoms with E-state index in [-0.39, 0.29) is 0 Å². The van der Waals surface area contributed by atoms with E-state index in [0.717, 1.165) is 54.7 Å². The Balaban J connectivity index is 2.02. The molecule has 1 aliphatic carbocycles. The topological polar surface area (TPSA) is 34.1 Å². The molecule has 136 valence electrons. The first kappa shape index (κ1) is 17.7. The number of nitrogens with one attached hydrogen (secondary N) is 1. The Bertz CT molecular complexity index is 863. The van der Waals surface area contributed by atoms with Gasteiger partial charge in [-0.05, 0) is 96.9 Å². The SMILES string of the molecule is COc1cc(C)cc2c1/C(=C1\CCCNCC1)c1ncc(Br)cc1CC2. The average Bonchev–Trinajstić information content (AvgIpc) is 2.98. The van der Waals surface area contributed by atoms with Crippen molar-refractivity contribution >= 4 is 21.5 Å². The summed E-state index contributed by atoms with van der Waals surface area (Å²) in [5, 5.41) is 3.53. The van der Waals surface area contributed by atoms with Gasteiger partial charge in [0.15, 0.2) is 0 Å². The molecule has 0 spiro atoms. The Kier molecular flexibility index (Phi) is 5.14. The van der Waals surface area contributed by atoms with Gasteiger partial charge in [-0.3, -0.25) is 4.98 Å². The Morgan fingerprint density at radius 1 is 1.04 bits per heavy atom. The second-order valence-corrected chi connectivity index (χ2v) is 8.16. The number of hydrogen-bond acceptors (Lipinski definition) is 3. The quantitative estimate of drug-likeness (QED) is 0.727. The van der Waals surface area contributed by atoms with Crippen LogP contribution in [0, 0.1) is 6.92 Å². The molecule has 0 unspecified atom stereocenters. The van der Waals surface area contributed by atoms with Crippen molar-refractivity contribution in [2.45, 2.75) is 39.0 Å². The number of pyridine rings is 1. The molecule has 0 atom stereocenters. The number of nitrogens with zero attached hydrogens (tertiary/aromatic N) is 1. The van der Waals surface area contributed by atoms with Gasteiger partial charge in [0.25, 0.3) is 0 Å². The standard InChI is InChI=1S/C22H25BrN2O/c1-14-10-16-5-6-17-12-18(23)13-25-22(17)21(20(16)19(11-14)26-2)15-4-3-8-24-9-7-15/h10-13,24H,3-9H2,1-2H3/b21-15-. The van der Waals surface area contributed by atoms with Crippen molar-refractivity contribution in [3.63, 3.8) is 0 Å². The highest BCUT2D eigenvalue weighted by atomic mass is 79.9. The Morgan fingerprint density at radius 2 is 1.88 bits per heavy atom. The van der Waals surface area contributed by atoms with Gasteiger partial charge in [0.05, 0.1) is 12.8 Å². The molecule has 26 heavy (non-hydrogen) atoms. The molecule has 0 saturated carbocycles. The number of aromatic nitrogens is 1. The number of fused-ring (bicyclic) bond motifs is 2. The summed E-state index contributed by atoms with van der Waals surface area (Å²) >= 11 is 3.61. The Hall–Kier alpha value is -1.65. The number of hydrogen-bond donors (Lipinski definition) is 1. The predicted molar refractivity (Wildman–Crippen MR) is 110 cm³/mol. The van der Waals surface area contributed by atoms with E-state index in [1.807, 2.05) is 6.20 Å². The van der Waals surface area contributed by atoms with E-state index in [1.54, 1.807) is 7.11 Å². The number of halogens is 1. The van der Waals surface area contributed by atoms with Gasteiger partial charge in [0.1, 0.15) is 5.75 Å². The molecular weight excluding hydrogens is 388 g/mol. The number of rotatable bonds is 1. The van der Waals surface area contributed by atoms with Crippen LogP contribution in [0.5, 0.6) is 5.75 Å². The lowest BCUT2D eigenvalue weighted by Gasteiger charge is -2.20. The van der Waals surface area contributed by atoms with Crippen LogP contribution in [0.15, 0.2) is 34.4 Å². The van der Waals surface area contributed by atoms with E-state index in [2.05, 4.69) is 46.4 Å². The van der Waals surface area contributed by atoms with Crippen molar-refractivity contribution in [1.29, 1.82) is 0 Å². The summed E-state index contributed by atoms with van der Waals surface area (Å²) in [6.07, 6.45) is 7.33. The van der Waals surface area contributed by atoms with E-state index < -0.39 is 0 Å². The zero-order valence-corrected chi connectivity index (χ0v) is 17.1. The molecule has 3 nitrogen and oxygen atoms in total. The van der Waals surface area contributed by atoms with Crippen LogP contribution in [-0.4, -0.2) is 25.2 Å². The molecule has 0 amide bonds. The van der Waals surface area contributed by atoms with Crippen LogP contribution < -0.4 is 10.1 Å². The maximum absolute atomic E-state index is 5.85. The third-order valence-corrected chi connectivity index (χ3v) is 5.85. The zero-order valence-electron chi connectivity index (χ0n) is 15.5. The lowest BCUT2D eigenvalue weighted by Crippen LogP contribution is -2.13. The fourth-order valence-corrected chi connectivity index (χ4v) is 4.64. The van der Waals surface area contributed by atoms with Crippen molar-refractivity contribution in [1.82, 2.24) is 10.3 Å². The third kappa shape index (κ3) is 3.33. The molecule has 4 heteroatoms. The molecule has 1 N–H and O–H groups in total. The molecule has 4 rings (SSSR count). The van der Waals surface area contributed by atoms with Crippen molar-refractivity contribution in [3.8, 4) is 5.75 Å². The molecule has 1 fully saturated rings. The van der Waals surface area contributed by atoms with Crippen molar-refractivity contribution in [2.75, 3.05) is 20.2 Å². The Labute approximate surface area is 164 Å². The van der Waals surface area contributed by atoms with E-state index in [4.69, 9.17) is 9.72 Å². The van der Waals surface area contributed by atoms with Crippen molar-refractivity contribution < 1.29 is 4.74 Å². The molecular formula is C22H25BrN2O. The van der Waals surface area contributed by atoms with Gasteiger partial charge in [-0.2, -0.15) is 0 Å². The van der Waals surface area contributed by atoms with Crippen LogP contribution in [0.25, 0.3) is 5.57 Å². The van der Waals surface area contributed by atoms with E-state index in [9.17, 15) is 0 Å². The molecule has 1 aliphatic heterocycles. The summed E-state index contributed by atoms with van der Waals surface area (Å²) in [6.45, 7) is 4.28. The second-order valence-electron chi connectivity index (χ2n) is 7.24. The fourth-order valence-electron chi connectivity index (χ4n) is 4.26. The van der Waals surface area contributed by atoms with Crippen molar-refractivity contribution in [2.24, 2.45) is 0 Å². The average molecular weight is 413 g/mol. The van der Waals surface area contributed by atoms with Crippen LogP contribution in [0.1, 0.15) is 47.2 Å². The van der Waals surface area contributed by atoms with E-state index in [0.29, 0.717) is 0 Å². The maximum atomic E-state index is 5.85. The summed E-state index contributed by atoms with van der Waals surface area (Å²) in [5.41, 5.74) is 9.21. The molecule has 1 aromatic heterocycles. The van der Waals surface area contributed by atoms with Gasteiger partial charge < -0.3 is 10.1 Å². The summed E-state index contributed by atoms with van der Waals surface area (Å²) < 4.78 is 6.91. The molecule has 0 radical (unpaired) electrons. The molecule has 2 aliphatic rings. The zero-order chi connectivity index (χ0) is 18.1. The normalized spacial score (nSPS) is 20.0. The largest absolute Gasteiger partial charge is 0.496 e. The predicted octanol–water partition coefficient (Wildman–Crippen LogP) is 4.84. The van der Waals surface area contributed by atoms with Crippen LogP contribution >= 0.6 is 15.9 Å². The minimum atomic E-state index is 0.984.